The normalized spacial score (nSPS) is 14.6. The molecular formula is C23H29FN4O5S. The molecule has 3 rings (SSSR count). The number of hydrogen-bond donors (Lipinski definition) is 2. The molecule has 1 aliphatic heterocycles. The molecule has 0 aromatic heterocycles. The third kappa shape index (κ3) is 6.03. The van der Waals surface area contributed by atoms with Crippen molar-refractivity contribution in [3.05, 3.63) is 53.8 Å². The van der Waals surface area contributed by atoms with Crippen LogP contribution in [0.15, 0.2) is 47.4 Å². The molecule has 0 saturated carbocycles. The molecule has 2 aromatic rings. The summed E-state index contributed by atoms with van der Waals surface area (Å²) in [6.45, 7) is 8.08. The van der Waals surface area contributed by atoms with E-state index in [1.54, 1.807) is 11.0 Å². The molecule has 0 unspecified atom stereocenters. The summed E-state index contributed by atoms with van der Waals surface area (Å²) in [5, 5.41) is 9.68. The van der Waals surface area contributed by atoms with Crippen LogP contribution in [-0.2, 0) is 14.8 Å². The van der Waals surface area contributed by atoms with Crippen molar-refractivity contribution in [3.8, 4) is 0 Å². The number of carbonyl (C=O) groups is 2. The van der Waals surface area contributed by atoms with Crippen LogP contribution in [0.25, 0.3) is 0 Å². The summed E-state index contributed by atoms with van der Waals surface area (Å²) in [4.78, 5) is 29.9. The van der Waals surface area contributed by atoms with Gasteiger partial charge in [-0.05, 0) is 56.3 Å². The summed E-state index contributed by atoms with van der Waals surface area (Å²) in [5.41, 5.74) is 0.378. The highest BCUT2D eigenvalue weighted by atomic mass is 32.2. The fourth-order valence-corrected chi connectivity index (χ4v) is 4.92. The highest BCUT2D eigenvalue weighted by Gasteiger charge is 2.24. The number of carboxylic acids is 1. The van der Waals surface area contributed by atoms with Crippen molar-refractivity contribution in [3.63, 3.8) is 0 Å². The van der Waals surface area contributed by atoms with Gasteiger partial charge in [-0.3, -0.25) is 14.4 Å². The van der Waals surface area contributed by atoms with Gasteiger partial charge in [0.2, 0.25) is 5.91 Å². The molecule has 1 fully saturated rings. The number of hydrogen-bond acceptors (Lipinski definition) is 6. The second kappa shape index (κ2) is 10.8. The first kappa shape index (κ1) is 25.4. The Labute approximate surface area is 198 Å². The van der Waals surface area contributed by atoms with Gasteiger partial charge in [0.1, 0.15) is 5.82 Å². The maximum atomic E-state index is 13.1. The minimum atomic E-state index is -4.09. The Morgan fingerprint density at radius 1 is 1.03 bits per heavy atom. The molecule has 184 valence electrons. The van der Waals surface area contributed by atoms with E-state index in [9.17, 15) is 27.5 Å². The van der Waals surface area contributed by atoms with E-state index in [0.717, 1.165) is 24.3 Å². The second-order valence-corrected chi connectivity index (χ2v) is 9.61. The maximum absolute atomic E-state index is 13.1. The first-order chi connectivity index (χ1) is 16.1. The van der Waals surface area contributed by atoms with E-state index in [2.05, 4.69) is 9.62 Å². The van der Waals surface area contributed by atoms with Gasteiger partial charge in [-0.15, -0.1) is 0 Å². The van der Waals surface area contributed by atoms with E-state index in [1.807, 2.05) is 18.7 Å². The third-order valence-electron chi connectivity index (χ3n) is 5.81. The van der Waals surface area contributed by atoms with Crippen molar-refractivity contribution in [2.75, 3.05) is 55.4 Å². The fourth-order valence-electron chi connectivity index (χ4n) is 3.84. The minimum Gasteiger partial charge on any atom is -0.478 e. The molecule has 34 heavy (non-hydrogen) atoms. The van der Waals surface area contributed by atoms with E-state index in [-0.39, 0.29) is 22.1 Å². The van der Waals surface area contributed by atoms with Gasteiger partial charge >= 0.3 is 5.97 Å². The van der Waals surface area contributed by atoms with E-state index in [1.165, 1.54) is 12.1 Å². The van der Waals surface area contributed by atoms with Gasteiger partial charge in [0.15, 0.2) is 0 Å². The first-order valence-corrected chi connectivity index (χ1v) is 12.5. The Morgan fingerprint density at radius 3 is 2.21 bits per heavy atom. The molecule has 0 spiro atoms. The summed E-state index contributed by atoms with van der Waals surface area (Å²) < 4.78 is 40.6. The molecule has 0 bridgehead atoms. The summed E-state index contributed by atoms with van der Waals surface area (Å²) in [5.74, 6) is -1.77. The molecule has 11 heteroatoms. The Kier molecular flexibility index (Phi) is 8.11. The van der Waals surface area contributed by atoms with E-state index < -0.39 is 21.8 Å². The summed E-state index contributed by atoms with van der Waals surface area (Å²) in [6, 6.07) is 8.76. The van der Waals surface area contributed by atoms with Gasteiger partial charge in [0, 0.05) is 45.0 Å². The first-order valence-electron chi connectivity index (χ1n) is 11.1. The van der Waals surface area contributed by atoms with Crippen molar-refractivity contribution in [1.82, 2.24) is 9.80 Å². The van der Waals surface area contributed by atoms with Crippen molar-refractivity contribution >= 4 is 33.3 Å². The maximum Gasteiger partial charge on any atom is 0.337 e. The standard InChI is InChI=1S/C23H29FN4O5S/c1-3-27(4-2)22(29)16-26-11-13-28(14-12-26)18-7-10-21(20(15-18)23(30)31)25-34(32,33)19-8-5-17(24)6-9-19/h5-10,15,25H,3-4,11-14,16H2,1-2H3,(H,30,31). The highest BCUT2D eigenvalue weighted by molar-refractivity contribution is 7.92. The van der Waals surface area contributed by atoms with Gasteiger partial charge in [0.05, 0.1) is 22.7 Å². The molecule has 1 saturated heterocycles. The zero-order valence-corrected chi connectivity index (χ0v) is 20.0. The Balaban J connectivity index is 1.71. The van der Waals surface area contributed by atoms with Gasteiger partial charge in [-0.25, -0.2) is 17.6 Å². The second-order valence-electron chi connectivity index (χ2n) is 7.92. The zero-order valence-electron chi connectivity index (χ0n) is 19.2. The number of piperazine rings is 1. The molecule has 1 heterocycles. The molecule has 0 atom stereocenters. The number of nitrogens with one attached hydrogen (secondary N) is 1. The number of nitrogens with zero attached hydrogens (tertiary/aromatic N) is 3. The quantitative estimate of drug-likeness (QED) is 0.553. The Bertz CT molecular complexity index is 1130. The molecule has 0 radical (unpaired) electrons. The van der Waals surface area contributed by atoms with Crippen molar-refractivity contribution < 1.29 is 27.5 Å². The van der Waals surface area contributed by atoms with Crippen LogP contribution in [0.5, 0.6) is 0 Å². The smallest absolute Gasteiger partial charge is 0.337 e. The highest BCUT2D eigenvalue weighted by Crippen LogP contribution is 2.27. The lowest BCUT2D eigenvalue weighted by Gasteiger charge is -2.36. The van der Waals surface area contributed by atoms with Crippen LogP contribution in [0.1, 0.15) is 24.2 Å². The lowest BCUT2D eigenvalue weighted by Crippen LogP contribution is -2.50. The average Bonchev–Trinajstić information content (AvgIpc) is 2.80. The summed E-state index contributed by atoms with van der Waals surface area (Å²) >= 11 is 0. The topological polar surface area (TPSA) is 110 Å². The molecule has 2 aromatic carbocycles. The lowest BCUT2D eigenvalue weighted by atomic mass is 10.1. The lowest BCUT2D eigenvalue weighted by molar-refractivity contribution is -0.132. The van der Waals surface area contributed by atoms with Gasteiger partial charge in [-0.2, -0.15) is 0 Å². The molecule has 1 amide bonds. The number of halogens is 1. The molecule has 2 N–H and O–H groups in total. The summed E-state index contributed by atoms with van der Waals surface area (Å²) in [6.07, 6.45) is 0. The van der Waals surface area contributed by atoms with Crippen LogP contribution in [0.3, 0.4) is 0 Å². The van der Waals surface area contributed by atoms with E-state index >= 15 is 0 Å². The van der Waals surface area contributed by atoms with E-state index in [0.29, 0.717) is 51.5 Å². The van der Waals surface area contributed by atoms with E-state index in [4.69, 9.17) is 0 Å². The van der Waals surface area contributed by atoms with Crippen LogP contribution in [0, 0.1) is 5.82 Å². The SMILES string of the molecule is CCN(CC)C(=O)CN1CCN(c2ccc(NS(=O)(=O)c3ccc(F)cc3)c(C(=O)O)c2)CC1. The molecule has 1 aliphatic rings. The number of anilines is 2. The minimum absolute atomic E-state index is 0.0796. The van der Waals surface area contributed by atoms with Crippen molar-refractivity contribution in [2.24, 2.45) is 0 Å². The largest absolute Gasteiger partial charge is 0.478 e. The summed E-state index contributed by atoms with van der Waals surface area (Å²) in [7, 11) is -4.09. The Morgan fingerprint density at radius 2 is 1.65 bits per heavy atom. The molecule has 0 aliphatic carbocycles. The number of sulfonamides is 1. The van der Waals surface area contributed by atoms with Crippen LogP contribution in [0.4, 0.5) is 15.8 Å². The number of likely N-dealkylation sites (N-methyl/N-ethyl adjacent to an activating group) is 1. The number of amides is 1. The van der Waals surface area contributed by atoms with Crippen LogP contribution < -0.4 is 9.62 Å². The predicted molar refractivity (Wildman–Crippen MR) is 127 cm³/mol. The average molecular weight is 493 g/mol. The predicted octanol–water partition coefficient (Wildman–Crippen LogP) is 2.32. The number of rotatable bonds is 9. The number of benzene rings is 2. The van der Waals surface area contributed by atoms with Crippen LogP contribution >= 0.6 is 0 Å². The molecule has 9 nitrogen and oxygen atoms in total. The number of carbonyl (C=O) groups excluding carboxylic acids is 1. The number of aromatic carboxylic acids is 1. The number of carboxylic acid groups (broad SMARTS) is 1. The van der Waals surface area contributed by atoms with Crippen molar-refractivity contribution in [2.45, 2.75) is 18.7 Å². The molecular weight excluding hydrogens is 463 g/mol. The van der Waals surface area contributed by atoms with Crippen molar-refractivity contribution in [1.29, 1.82) is 0 Å². The monoisotopic (exact) mass is 492 g/mol. The third-order valence-corrected chi connectivity index (χ3v) is 7.20. The van der Waals surface area contributed by atoms with Gasteiger partial charge in [-0.1, -0.05) is 0 Å². The van der Waals surface area contributed by atoms with Gasteiger partial charge < -0.3 is 14.9 Å². The zero-order chi connectivity index (χ0) is 24.9. The van der Waals surface area contributed by atoms with Crippen LogP contribution in [-0.4, -0.2) is 81.0 Å². The fraction of sp³-hybridized carbons (Fsp3) is 0.391. The van der Waals surface area contributed by atoms with Crippen LogP contribution in [0.2, 0.25) is 0 Å². The Hall–Kier alpha value is -3.18. The van der Waals surface area contributed by atoms with Gasteiger partial charge in [0.25, 0.3) is 10.0 Å².